The maximum Gasteiger partial charge on any atom is 0.132 e. The average Bonchev–Trinajstić information content (AvgIpc) is 2.24. The van der Waals surface area contributed by atoms with E-state index < -0.39 is 0 Å². The van der Waals surface area contributed by atoms with Gasteiger partial charge in [0.2, 0.25) is 0 Å². The standard InChI is InChI=1S/C13H24O2/c1-2-3-4-5-7-10-13(15)11-8-6-9-12-14/h12H,2-11H2,1H3. The first-order valence-corrected chi connectivity index (χ1v) is 6.26. The number of rotatable bonds is 11. The Balaban J connectivity index is 3.15. The third kappa shape index (κ3) is 11.3. The number of carbonyl (C=O) groups excluding carboxylic acids is 2. The van der Waals surface area contributed by atoms with E-state index in [4.69, 9.17) is 0 Å². The maximum atomic E-state index is 11.4. The number of carbonyl (C=O) groups is 2. The van der Waals surface area contributed by atoms with Crippen molar-refractivity contribution in [3.8, 4) is 0 Å². The van der Waals surface area contributed by atoms with Crippen LogP contribution in [0.4, 0.5) is 0 Å². The molecule has 0 aromatic heterocycles. The Bertz CT molecular complexity index is 164. The Morgan fingerprint density at radius 1 is 0.933 bits per heavy atom. The van der Waals surface area contributed by atoms with Crippen LogP contribution in [0.15, 0.2) is 0 Å². The lowest BCUT2D eigenvalue weighted by Gasteiger charge is -2.00. The van der Waals surface area contributed by atoms with Crippen LogP contribution in [0.2, 0.25) is 0 Å². The molecule has 0 N–H and O–H groups in total. The first kappa shape index (κ1) is 14.3. The zero-order valence-electron chi connectivity index (χ0n) is 9.96. The Kier molecular flexibility index (Phi) is 10.9. The molecule has 0 amide bonds. The third-order valence-corrected chi connectivity index (χ3v) is 2.59. The molecule has 0 bridgehead atoms. The minimum Gasteiger partial charge on any atom is -0.303 e. The fraction of sp³-hybridized carbons (Fsp3) is 0.846. The van der Waals surface area contributed by atoms with Crippen LogP contribution in [0.1, 0.15) is 71.1 Å². The van der Waals surface area contributed by atoms with Gasteiger partial charge in [-0.2, -0.15) is 0 Å². The summed E-state index contributed by atoms with van der Waals surface area (Å²) in [5.74, 6) is 0.373. The van der Waals surface area contributed by atoms with Gasteiger partial charge in [0.05, 0.1) is 0 Å². The van der Waals surface area contributed by atoms with Gasteiger partial charge in [-0.25, -0.2) is 0 Å². The molecule has 0 atom stereocenters. The van der Waals surface area contributed by atoms with Gasteiger partial charge in [0.15, 0.2) is 0 Å². The van der Waals surface area contributed by atoms with E-state index in [2.05, 4.69) is 6.92 Å². The summed E-state index contributed by atoms with van der Waals surface area (Å²) in [6, 6.07) is 0. The Labute approximate surface area is 93.4 Å². The molecule has 0 aliphatic heterocycles. The van der Waals surface area contributed by atoms with Crippen molar-refractivity contribution in [2.45, 2.75) is 71.1 Å². The average molecular weight is 212 g/mol. The van der Waals surface area contributed by atoms with E-state index in [1.807, 2.05) is 0 Å². The van der Waals surface area contributed by atoms with Crippen molar-refractivity contribution in [1.29, 1.82) is 0 Å². The SMILES string of the molecule is CCCCCCCC(=O)CCCCC=O. The monoisotopic (exact) mass is 212 g/mol. The molecule has 0 aliphatic rings. The number of hydrogen-bond acceptors (Lipinski definition) is 2. The van der Waals surface area contributed by atoms with Gasteiger partial charge in [0.25, 0.3) is 0 Å². The molecule has 0 saturated carbocycles. The van der Waals surface area contributed by atoms with Gasteiger partial charge in [-0.3, -0.25) is 4.79 Å². The highest BCUT2D eigenvalue weighted by Gasteiger charge is 2.01. The summed E-state index contributed by atoms with van der Waals surface area (Å²) in [5.41, 5.74) is 0. The molecular formula is C13H24O2. The van der Waals surface area contributed by atoms with Gasteiger partial charge in [-0.1, -0.05) is 32.6 Å². The fourth-order valence-corrected chi connectivity index (χ4v) is 1.60. The number of Topliss-reactive ketones (excluding diaryl/α,β-unsaturated/α-hetero) is 1. The van der Waals surface area contributed by atoms with Crippen LogP contribution in [-0.2, 0) is 9.59 Å². The molecule has 0 heterocycles. The zero-order chi connectivity index (χ0) is 11.4. The second-order valence-corrected chi connectivity index (χ2v) is 4.12. The van der Waals surface area contributed by atoms with Crippen LogP contribution in [0.25, 0.3) is 0 Å². The van der Waals surface area contributed by atoms with E-state index in [0.29, 0.717) is 18.6 Å². The highest BCUT2D eigenvalue weighted by atomic mass is 16.1. The predicted octanol–water partition coefficient (Wildman–Crippen LogP) is 3.68. The third-order valence-electron chi connectivity index (χ3n) is 2.59. The van der Waals surface area contributed by atoms with Gasteiger partial charge in [-0.15, -0.1) is 0 Å². The zero-order valence-corrected chi connectivity index (χ0v) is 9.96. The van der Waals surface area contributed by atoms with Crippen LogP contribution in [0, 0.1) is 0 Å². The second kappa shape index (κ2) is 11.4. The molecule has 0 saturated heterocycles. The van der Waals surface area contributed by atoms with Gasteiger partial charge < -0.3 is 4.79 Å². The summed E-state index contributed by atoms with van der Waals surface area (Å²) in [4.78, 5) is 21.4. The highest BCUT2D eigenvalue weighted by Crippen LogP contribution is 2.08. The van der Waals surface area contributed by atoms with E-state index in [0.717, 1.165) is 32.0 Å². The maximum absolute atomic E-state index is 11.4. The molecule has 0 aromatic carbocycles. The predicted molar refractivity (Wildman–Crippen MR) is 62.9 cm³/mol. The summed E-state index contributed by atoms with van der Waals surface area (Å²) in [5, 5.41) is 0. The molecule has 0 spiro atoms. The Morgan fingerprint density at radius 2 is 1.53 bits per heavy atom. The van der Waals surface area contributed by atoms with Crippen molar-refractivity contribution in [2.75, 3.05) is 0 Å². The summed E-state index contributed by atoms with van der Waals surface area (Å²) in [6.07, 6.45) is 10.7. The first-order valence-electron chi connectivity index (χ1n) is 6.26. The molecule has 0 aromatic rings. The fourth-order valence-electron chi connectivity index (χ4n) is 1.60. The van der Waals surface area contributed by atoms with Crippen LogP contribution >= 0.6 is 0 Å². The van der Waals surface area contributed by atoms with Crippen LogP contribution in [-0.4, -0.2) is 12.1 Å². The first-order chi connectivity index (χ1) is 7.31. The normalized spacial score (nSPS) is 10.2. The molecule has 0 unspecified atom stereocenters. The smallest absolute Gasteiger partial charge is 0.132 e. The molecular weight excluding hydrogens is 188 g/mol. The molecule has 88 valence electrons. The lowest BCUT2D eigenvalue weighted by atomic mass is 10.0. The summed E-state index contributed by atoms with van der Waals surface area (Å²) in [7, 11) is 0. The van der Waals surface area contributed by atoms with E-state index in [1.54, 1.807) is 0 Å². The Morgan fingerprint density at radius 3 is 2.13 bits per heavy atom. The molecule has 0 radical (unpaired) electrons. The molecule has 2 heteroatoms. The molecule has 2 nitrogen and oxygen atoms in total. The summed E-state index contributed by atoms with van der Waals surface area (Å²) in [6.45, 7) is 2.19. The number of ketones is 1. The number of hydrogen-bond donors (Lipinski definition) is 0. The number of unbranched alkanes of at least 4 members (excludes halogenated alkanes) is 6. The molecule has 15 heavy (non-hydrogen) atoms. The number of aldehydes is 1. The molecule has 0 fully saturated rings. The van der Waals surface area contributed by atoms with Crippen molar-refractivity contribution in [1.82, 2.24) is 0 Å². The van der Waals surface area contributed by atoms with E-state index >= 15 is 0 Å². The summed E-state index contributed by atoms with van der Waals surface area (Å²) < 4.78 is 0. The van der Waals surface area contributed by atoms with Crippen LogP contribution < -0.4 is 0 Å². The van der Waals surface area contributed by atoms with Crippen molar-refractivity contribution in [3.05, 3.63) is 0 Å². The van der Waals surface area contributed by atoms with Crippen molar-refractivity contribution >= 4 is 12.1 Å². The van der Waals surface area contributed by atoms with Gasteiger partial charge >= 0.3 is 0 Å². The van der Waals surface area contributed by atoms with Gasteiger partial charge in [0.1, 0.15) is 12.1 Å². The topological polar surface area (TPSA) is 34.1 Å². The lowest BCUT2D eigenvalue weighted by molar-refractivity contribution is -0.119. The van der Waals surface area contributed by atoms with Gasteiger partial charge in [-0.05, 0) is 19.3 Å². The Hall–Kier alpha value is -0.660. The molecule has 0 aliphatic carbocycles. The van der Waals surface area contributed by atoms with Gasteiger partial charge in [0, 0.05) is 19.3 Å². The van der Waals surface area contributed by atoms with Crippen molar-refractivity contribution in [2.24, 2.45) is 0 Å². The molecule has 0 rings (SSSR count). The van der Waals surface area contributed by atoms with Crippen LogP contribution in [0.5, 0.6) is 0 Å². The van der Waals surface area contributed by atoms with E-state index in [1.165, 1.54) is 25.7 Å². The van der Waals surface area contributed by atoms with E-state index in [-0.39, 0.29) is 0 Å². The van der Waals surface area contributed by atoms with Crippen molar-refractivity contribution in [3.63, 3.8) is 0 Å². The summed E-state index contributed by atoms with van der Waals surface area (Å²) >= 11 is 0. The van der Waals surface area contributed by atoms with Crippen LogP contribution in [0.3, 0.4) is 0 Å². The van der Waals surface area contributed by atoms with Crippen molar-refractivity contribution < 1.29 is 9.59 Å². The second-order valence-electron chi connectivity index (χ2n) is 4.12. The highest BCUT2D eigenvalue weighted by molar-refractivity contribution is 5.78. The lowest BCUT2D eigenvalue weighted by Crippen LogP contribution is -1.97. The largest absolute Gasteiger partial charge is 0.303 e. The van der Waals surface area contributed by atoms with E-state index in [9.17, 15) is 9.59 Å². The minimum absolute atomic E-state index is 0.373. The minimum atomic E-state index is 0.373. The quantitative estimate of drug-likeness (QED) is 0.387.